The molecule has 0 fully saturated rings. The molecule has 1 aromatic carbocycles. The maximum atomic E-state index is 11.1. The quantitative estimate of drug-likeness (QED) is 0.895. The Morgan fingerprint density at radius 3 is 2.37 bits per heavy atom. The van der Waals surface area contributed by atoms with Gasteiger partial charge in [-0.15, -0.1) is 0 Å². The van der Waals surface area contributed by atoms with Crippen LogP contribution < -0.4 is 0 Å². The van der Waals surface area contributed by atoms with Crippen molar-refractivity contribution in [3.05, 3.63) is 47.4 Å². The summed E-state index contributed by atoms with van der Waals surface area (Å²) in [6.45, 7) is 7.67. The van der Waals surface area contributed by atoms with Crippen LogP contribution in [0.5, 0.6) is 0 Å². The number of hydrogen-bond donors (Lipinski definition) is 1. The fraction of sp³-hybridized carbons (Fsp3) is 0.267. The zero-order valence-electron chi connectivity index (χ0n) is 11.6. The van der Waals surface area contributed by atoms with Crippen molar-refractivity contribution in [2.24, 2.45) is 0 Å². The van der Waals surface area contributed by atoms with Gasteiger partial charge in [0.05, 0.1) is 5.69 Å². The minimum absolute atomic E-state index is 0.130. The molecule has 0 atom stereocenters. The number of benzene rings is 1. The third-order valence-corrected chi connectivity index (χ3v) is 2.54. The summed E-state index contributed by atoms with van der Waals surface area (Å²) in [6.07, 6.45) is 1.35. The molecule has 0 unspecified atom stereocenters. The zero-order valence-corrected chi connectivity index (χ0v) is 11.6. The number of rotatable bonds is 2. The van der Waals surface area contributed by atoms with E-state index in [1.54, 1.807) is 6.92 Å². The van der Waals surface area contributed by atoms with Crippen LogP contribution in [0, 0.1) is 13.8 Å². The predicted octanol–water partition coefficient (Wildman–Crippen LogP) is 3.48. The lowest BCUT2D eigenvalue weighted by atomic mass is 10.0. The van der Waals surface area contributed by atoms with Gasteiger partial charge in [0.15, 0.2) is 0 Å². The number of carbonyl (C=O) groups is 1. The van der Waals surface area contributed by atoms with E-state index >= 15 is 0 Å². The molecule has 0 amide bonds. The van der Waals surface area contributed by atoms with E-state index in [1.807, 2.05) is 45.0 Å². The largest absolute Gasteiger partial charge is 0.478 e. The van der Waals surface area contributed by atoms with Crippen molar-refractivity contribution in [3.63, 3.8) is 0 Å². The molecule has 1 heterocycles. The van der Waals surface area contributed by atoms with Crippen LogP contribution in [-0.2, 0) is 0 Å². The Hall–Kier alpha value is -2.23. The first-order valence-corrected chi connectivity index (χ1v) is 6.22. The molecule has 1 N–H and O–H groups in total. The van der Waals surface area contributed by atoms with Gasteiger partial charge < -0.3 is 5.11 Å². The second kappa shape index (κ2) is 6.64. The van der Waals surface area contributed by atoms with E-state index in [2.05, 4.69) is 9.97 Å². The molecule has 100 valence electrons. The van der Waals surface area contributed by atoms with Gasteiger partial charge in [0, 0.05) is 11.8 Å². The molecule has 0 bridgehead atoms. The van der Waals surface area contributed by atoms with Crippen LogP contribution in [0.25, 0.3) is 11.3 Å². The topological polar surface area (TPSA) is 63.1 Å². The maximum Gasteiger partial charge on any atom is 0.339 e. The molecular formula is C15H18N2O2. The minimum Gasteiger partial charge on any atom is -0.478 e. The highest BCUT2D eigenvalue weighted by Crippen LogP contribution is 2.24. The van der Waals surface area contributed by atoms with E-state index in [1.165, 1.54) is 6.20 Å². The van der Waals surface area contributed by atoms with E-state index < -0.39 is 5.97 Å². The molecule has 0 saturated carbocycles. The van der Waals surface area contributed by atoms with Gasteiger partial charge in [-0.05, 0) is 19.4 Å². The molecule has 0 aliphatic carbocycles. The van der Waals surface area contributed by atoms with Crippen molar-refractivity contribution in [2.45, 2.75) is 27.7 Å². The number of aryl methyl sites for hydroxylation is 2. The minimum atomic E-state index is -1.01. The molecule has 4 nitrogen and oxygen atoms in total. The number of nitrogens with zero attached hydrogens (tertiary/aromatic N) is 2. The normalized spacial score (nSPS) is 9.47. The summed E-state index contributed by atoms with van der Waals surface area (Å²) in [4.78, 5) is 19.3. The summed E-state index contributed by atoms with van der Waals surface area (Å²) in [5, 5.41) is 9.13. The third kappa shape index (κ3) is 3.37. The Balaban J connectivity index is 0.000000861. The van der Waals surface area contributed by atoms with Gasteiger partial charge in [-0.25, -0.2) is 14.8 Å². The van der Waals surface area contributed by atoms with Crippen molar-refractivity contribution in [1.82, 2.24) is 9.97 Å². The predicted molar refractivity (Wildman–Crippen MR) is 75.2 cm³/mol. The van der Waals surface area contributed by atoms with E-state index in [0.717, 1.165) is 11.1 Å². The summed E-state index contributed by atoms with van der Waals surface area (Å²) >= 11 is 0. The molecule has 2 rings (SSSR count). The van der Waals surface area contributed by atoms with Crippen LogP contribution in [0.3, 0.4) is 0 Å². The number of hydrogen-bond acceptors (Lipinski definition) is 3. The van der Waals surface area contributed by atoms with E-state index in [4.69, 9.17) is 5.11 Å². The Labute approximate surface area is 113 Å². The standard InChI is InChI=1S/C13H12N2O2.C2H6/c1-8-5-3-4-6-10(8)12-11(13(16)17)7-14-9(2)15-12;1-2/h3-7H,1-2H3,(H,16,17);1-2H3. The highest BCUT2D eigenvalue weighted by atomic mass is 16.4. The third-order valence-electron chi connectivity index (χ3n) is 2.54. The highest BCUT2D eigenvalue weighted by Gasteiger charge is 2.15. The second-order valence-electron chi connectivity index (χ2n) is 3.80. The van der Waals surface area contributed by atoms with Crippen molar-refractivity contribution in [3.8, 4) is 11.3 Å². The summed E-state index contributed by atoms with van der Waals surface area (Å²) in [5.74, 6) is -0.448. The lowest BCUT2D eigenvalue weighted by molar-refractivity contribution is 0.0697. The fourth-order valence-electron chi connectivity index (χ4n) is 1.67. The Kier molecular flexibility index (Phi) is 5.18. The molecule has 0 aliphatic heterocycles. The van der Waals surface area contributed by atoms with Crippen molar-refractivity contribution in [2.75, 3.05) is 0 Å². The number of carboxylic acids is 1. The van der Waals surface area contributed by atoms with Crippen molar-refractivity contribution < 1.29 is 9.90 Å². The average molecular weight is 258 g/mol. The van der Waals surface area contributed by atoms with Crippen molar-refractivity contribution in [1.29, 1.82) is 0 Å². The van der Waals surface area contributed by atoms with E-state index in [-0.39, 0.29) is 5.56 Å². The zero-order chi connectivity index (χ0) is 14.4. The first-order chi connectivity index (χ1) is 9.09. The summed E-state index contributed by atoms with van der Waals surface area (Å²) < 4.78 is 0. The monoisotopic (exact) mass is 258 g/mol. The number of aromatic carboxylic acids is 1. The van der Waals surface area contributed by atoms with Gasteiger partial charge in [0.2, 0.25) is 0 Å². The Bertz CT molecular complexity index is 580. The molecular weight excluding hydrogens is 240 g/mol. The second-order valence-corrected chi connectivity index (χ2v) is 3.80. The molecule has 1 aromatic heterocycles. The van der Waals surface area contributed by atoms with Crippen LogP contribution in [0.2, 0.25) is 0 Å². The lowest BCUT2D eigenvalue weighted by Gasteiger charge is -2.08. The van der Waals surface area contributed by atoms with Gasteiger partial charge in [0.1, 0.15) is 11.4 Å². The maximum absolute atomic E-state index is 11.1. The lowest BCUT2D eigenvalue weighted by Crippen LogP contribution is -2.05. The van der Waals surface area contributed by atoms with Gasteiger partial charge in [-0.1, -0.05) is 38.1 Å². The SMILES string of the molecule is CC.Cc1ncc(C(=O)O)c(-c2ccccc2C)n1. The summed E-state index contributed by atoms with van der Waals surface area (Å²) in [5.41, 5.74) is 2.43. The molecule has 19 heavy (non-hydrogen) atoms. The van der Waals surface area contributed by atoms with Crippen LogP contribution >= 0.6 is 0 Å². The van der Waals surface area contributed by atoms with Gasteiger partial charge in [0.25, 0.3) is 0 Å². The number of carboxylic acid groups (broad SMARTS) is 1. The molecule has 4 heteroatoms. The van der Waals surface area contributed by atoms with Crippen LogP contribution in [0.1, 0.15) is 35.6 Å². The van der Waals surface area contributed by atoms with E-state index in [0.29, 0.717) is 11.5 Å². The Morgan fingerprint density at radius 1 is 1.16 bits per heavy atom. The highest BCUT2D eigenvalue weighted by molar-refractivity contribution is 5.94. The number of aromatic nitrogens is 2. The molecule has 0 aliphatic rings. The fourth-order valence-corrected chi connectivity index (χ4v) is 1.67. The molecule has 0 radical (unpaired) electrons. The molecule has 2 aromatic rings. The van der Waals surface area contributed by atoms with Gasteiger partial charge in [-0.2, -0.15) is 0 Å². The van der Waals surface area contributed by atoms with Gasteiger partial charge >= 0.3 is 5.97 Å². The first kappa shape index (κ1) is 14.8. The van der Waals surface area contributed by atoms with Crippen LogP contribution in [0.4, 0.5) is 0 Å². The van der Waals surface area contributed by atoms with Crippen LogP contribution in [-0.4, -0.2) is 21.0 Å². The van der Waals surface area contributed by atoms with Crippen LogP contribution in [0.15, 0.2) is 30.5 Å². The summed E-state index contributed by atoms with van der Waals surface area (Å²) in [7, 11) is 0. The molecule has 0 spiro atoms. The van der Waals surface area contributed by atoms with E-state index in [9.17, 15) is 4.79 Å². The Morgan fingerprint density at radius 2 is 1.79 bits per heavy atom. The van der Waals surface area contributed by atoms with Crippen molar-refractivity contribution >= 4 is 5.97 Å². The molecule has 0 saturated heterocycles. The first-order valence-electron chi connectivity index (χ1n) is 6.22. The smallest absolute Gasteiger partial charge is 0.339 e. The average Bonchev–Trinajstić information content (AvgIpc) is 2.41. The summed E-state index contributed by atoms with van der Waals surface area (Å²) in [6, 6.07) is 7.57. The van der Waals surface area contributed by atoms with Gasteiger partial charge in [-0.3, -0.25) is 0 Å².